The molecule has 102 valence electrons. The maximum atomic E-state index is 13.4. The molecule has 1 aliphatic carbocycles. The van der Waals surface area contributed by atoms with Gasteiger partial charge in [0.25, 0.3) is 0 Å². The van der Waals surface area contributed by atoms with Crippen molar-refractivity contribution in [2.75, 3.05) is 6.54 Å². The van der Waals surface area contributed by atoms with E-state index in [1.165, 1.54) is 0 Å². The van der Waals surface area contributed by atoms with Crippen molar-refractivity contribution < 1.29 is 8.78 Å². The SMILES string of the molecule is CCNC(CC1CCCC(F)(F)C1)c1cncs1. The van der Waals surface area contributed by atoms with Crippen LogP contribution in [-0.4, -0.2) is 17.5 Å². The number of aromatic nitrogens is 1. The fourth-order valence-electron chi connectivity index (χ4n) is 2.75. The van der Waals surface area contributed by atoms with Crippen LogP contribution in [-0.2, 0) is 0 Å². The molecule has 1 saturated carbocycles. The first-order chi connectivity index (χ1) is 8.61. The van der Waals surface area contributed by atoms with Gasteiger partial charge in [-0.1, -0.05) is 6.92 Å². The molecule has 1 aliphatic rings. The lowest BCUT2D eigenvalue weighted by atomic mass is 9.82. The summed E-state index contributed by atoms with van der Waals surface area (Å²) >= 11 is 1.60. The van der Waals surface area contributed by atoms with Crippen molar-refractivity contribution in [2.24, 2.45) is 5.92 Å². The molecule has 1 heterocycles. The molecular weight excluding hydrogens is 254 g/mol. The summed E-state index contributed by atoms with van der Waals surface area (Å²) in [5.74, 6) is -2.33. The number of nitrogens with zero attached hydrogens (tertiary/aromatic N) is 1. The van der Waals surface area contributed by atoms with Crippen molar-refractivity contribution in [1.82, 2.24) is 10.3 Å². The van der Waals surface area contributed by atoms with Crippen molar-refractivity contribution in [1.29, 1.82) is 0 Å². The lowest BCUT2D eigenvalue weighted by molar-refractivity contribution is -0.0547. The molecule has 1 aromatic heterocycles. The Hall–Kier alpha value is -0.550. The van der Waals surface area contributed by atoms with Crippen molar-refractivity contribution >= 4 is 11.3 Å². The molecule has 0 amide bonds. The largest absolute Gasteiger partial charge is 0.309 e. The molecule has 1 aromatic rings. The van der Waals surface area contributed by atoms with E-state index in [2.05, 4.69) is 10.3 Å². The molecule has 0 bridgehead atoms. The number of thiazole rings is 1. The molecular formula is C13H20F2N2S. The zero-order valence-electron chi connectivity index (χ0n) is 10.7. The highest BCUT2D eigenvalue weighted by atomic mass is 32.1. The zero-order chi connectivity index (χ0) is 13.0. The molecule has 2 atom stereocenters. The predicted octanol–water partition coefficient (Wildman–Crippen LogP) is 4.01. The normalized spacial score (nSPS) is 24.9. The molecule has 1 fully saturated rings. The molecule has 0 spiro atoms. The third kappa shape index (κ3) is 3.72. The first-order valence-corrected chi connectivity index (χ1v) is 7.48. The number of halogens is 2. The van der Waals surface area contributed by atoms with E-state index in [1.54, 1.807) is 16.8 Å². The van der Waals surface area contributed by atoms with Gasteiger partial charge in [-0.25, -0.2) is 8.78 Å². The Morgan fingerprint density at radius 3 is 3.06 bits per heavy atom. The lowest BCUT2D eigenvalue weighted by Crippen LogP contribution is -2.30. The van der Waals surface area contributed by atoms with Crippen molar-refractivity contribution in [3.63, 3.8) is 0 Å². The van der Waals surface area contributed by atoms with Crippen LogP contribution >= 0.6 is 11.3 Å². The Balaban J connectivity index is 1.96. The molecule has 0 radical (unpaired) electrons. The van der Waals surface area contributed by atoms with Gasteiger partial charge in [-0.3, -0.25) is 4.98 Å². The van der Waals surface area contributed by atoms with Crippen LogP contribution in [0.1, 0.15) is 49.9 Å². The van der Waals surface area contributed by atoms with E-state index in [1.807, 2.05) is 13.1 Å². The first-order valence-electron chi connectivity index (χ1n) is 6.60. The van der Waals surface area contributed by atoms with Gasteiger partial charge in [-0.15, -0.1) is 11.3 Å². The Kier molecular flexibility index (Phi) is 4.67. The average Bonchev–Trinajstić information content (AvgIpc) is 2.80. The molecule has 2 nitrogen and oxygen atoms in total. The molecule has 5 heteroatoms. The van der Waals surface area contributed by atoms with Gasteiger partial charge >= 0.3 is 0 Å². The van der Waals surface area contributed by atoms with Gasteiger partial charge < -0.3 is 5.32 Å². The smallest absolute Gasteiger partial charge is 0.248 e. The van der Waals surface area contributed by atoms with Crippen LogP contribution in [0.5, 0.6) is 0 Å². The number of hydrogen-bond donors (Lipinski definition) is 1. The summed E-state index contributed by atoms with van der Waals surface area (Å²) in [4.78, 5) is 5.24. The minimum Gasteiger partial charge on any atom is -0.309 e. The number of alkyl halides is 2. The van der Waals surface area contributed by atoms with Crippen molar-refractivity contribution in [2.45, 2.75) is 51.0 Å². The van der Waals surface area contributed by atoms with Gasteiger partial charge in [-0.05, 0) is 31.7 Å². The number of hydrogen-bond acceptors (Lipinski definition) is 3. The topological polar surface area (TPSA) is 24.9 Å². The second-order valence-electron chi connectivity index (χ2n) is 5.07. The second-order valence-corrected chi connectivity index (χ2v) is 5.99. The fraction of sp³-hybridized carbons (Fsp3) is 0.769. The average molecular weight is 274 g/mol. The first kappa shape index (κ1) is 13.9. The lowest BCUT2D eigenvalue weighted by Gasteiger charge is -2.31. The summed E-state index contributed by atoms with van der Waals surface area (Å²) in [6.07, 6.45) is 4.34. The summed E-state index contributed by atoms with van der Waals surface area (Å²) in [5.41, 5.74) is 1.80. The Morgan fingerprint density at radius 1 is 1.61 bits per heavy atom. The van der Waals surface area contributed by atoms with Crippen LogP contribution in [0.2, 0.25) is 0 Å². The summed E-state index contributed by atoms with van der Waals surface area (Å²) in [5, 5.41) is 3.39. The van der Waals surface area contributed by atoms with Gasteiger partial charge in [0, 0.05) is 30.0 Å². The minimum absolute atomic E-state index is 0.0493. The van der Waals surface area contributed by atoms with E-state index < -0.39 is 5.92 Å². The molecule has 0 aromatic carbocycles. The van der Waals surface area contributed by atoms with E-state index in [0.717, 1.165) is 24.3 Å². The molecule has 2 rings (SSSR count). The molecule has 2 unspecified atom stereocenters. The van der Waals surface area contributed by atoms with Gasteiger partial charge in [-0.2, -0.15) is 0 Å². The van der Waals surface area contributed by atoms with Crippen LogP contribution in [0.3, 0.4) is 0 Å². The predicted molar refractivity (Wildman–Crippen MR) is 70.1 cm³/mol. The summed E-state index contributed by atoms with van der Waals surface area (Å²) in [6.45, 7) is 2.90. The van der Waals surface area contributed by atoms with Gasteiger partial charge in [0.2, 0.25) is 5.92 Å². The third-order valence-corrected chi connectivity index (χ3v) is 4.45. The van der Waals surface area contributed by atoms with E-state index in [-0.39, 0.29) is 24.8 Å². The molecule has 1 N–H and O–H groups in total. The van der Waals surface area contributed by atoms with Crippen LogP contribution < -0.4 is 5.32 Å². The number of nitrogens with one attached hydrogen (secondary N) is 1. The zero-order valence-corrected chi connectivity index (χ0v) is 11.5. The Labute approximate surface area is 111 Å². The highest BCUT2D eigenvalue weighted by Gasteiger charge is 2.37. The number of rotatable bonds is 5. The van der Waals surface area contributed by atoms with Crippen LogP contribution in [0.25, 0.3) is 0 Å². The standard InChI is InChI=1S/C13H20F2N2S/c1-2-17-11(12-8-16-9-18-12)6-10-4-3-5-13(14,15)7-10/h8-11,17H,2-7H2,1H3. The minimum atomic E-state index is -2.45. The molecule has 0 saturated heterocycles. The Bertz CT molecular complexity index is 354. The van der Waals surface area contributed by atoms with Crippen LogP contribution in [0.15, 0.2) is 11.7 Å². The maximum absolute atomic E-state index is 13.4. The van der Waals surface area contributed by atoms with Crippen molar-refractivity contribution in [3.8, 4) is 0 Å². The van der Waals surface area contributed by atoms with Crippen LogP contribution in [0.4, 0.5) is 8.78 Å². The van der Waals surface area contributed by atoms with E-state index in [4.69, 9.17) is 0 Å². The molecule has 0 aliphatic heterocycles. The second kappa shape index (κ2) is 6.06. The summed E-state index contributed by atoms with van der Waals surface area (Å²) in [6, 6.07) is 0.182. The van der Waals surface area contributed by atoms with Gasteiger partial charge in [0.15, 0.2) is 0 Å². The van der Waals surface area contributed by atoms with Gasteiger partial charge in [0.1, 0.15) is 0 Å². The maximum Gasteiger partial charge on any atom is 0.248 e. The highest BCUT2D eigenvalue weighted by molar-refractivity contribution is 7.09. The highest BCUT2D eigenvalue weighted by Crippen LogP contribution is 2.40. The summed E-state index contributed by atoms with van der Waals surface area (Å²) in [7, 11) is 0. The van der Waals surface area contributed by atoms with Gasteiger partial charge in [0.05, 0.1) is 5.51 Å². The molecule has 18 heavy (non-hydrogen) atoms. The van der Waals surface area contributed by atoms with Crippen molar-refractivity contribution in [3.05, 3.63) is 16.6 Å². The van der Waals surface area contributed by atoms with Crippen LogP contribution in [0, 0.1) is 5.92 Å². The fourth-order valence-corrected chi connectivity index (χ4v) is 3.46. The quantitative estimate of drug-likeness (QED) is 0.877. The van der Waals surface area contributed by atoms with E-state index in [0.29, 0.717) is 6.42 Å². The van der Waals surface area contributed by atoms with E-state index >= 15 is 0 Å². The summed E-state index contributed by atoms with van der Waals surface area (Å²) < 4.78 is 26.8. The third-order valence-electron chi connectivity index (χ3n) is 3.56. The van der Waals surface area contributed by atoms with E-state index in [9.17, 15) is 8.78 Å². The monoisotopic (exact) mass is 274 g/mol. The Morgan fingerprint density at radius 2 is 2.44 bits per heavy atom.